The summed E-state index contributed by atoms with van der Waals surface area (Å²) >= 11 is 0. The molecule has 2 aromatic rings. The molecular formula is C21H19FN2O5. The van der Waals surface area contributed by atoms with E-state index in [-0.39, 0.29) is 29.2 Å². The van der Waals surface area contributed by atoms with E-state index in [9.17, 15) is 19.1 Å². The molecule has 0 radical (unpaired) electrons. The molecular weight excluding hydrogens is 379 g/mol. The molecule has 2 aromatic carbocycles. The number of nitriles is 1. The van der Waals surface area contributed by atoms with Crippen LogP contribution in [0.25, 0.3) is 11.1 Å². The molecule has 0 aliphatic carbocycles. The van der Waals surface area contributed by atoms with Crippen molar-refractivity contribution in [2.45, 2.75) is 13.3 Å². The number of allylic oxidation sites excluding steroid dienone is 1. The van der Waals surface area contributed by atoms with Gasteiger partial charge >= 0.3 is 5.97 Å². The fraction of sp³-hybridized carbons (Fsp3) is 0.190. The van der Waals surface area contributed by atoms with Crippen molar-refractivity contribution >= 4 is 17.6 Å². The van der Waals surface area contributed by atoms with Gasteiger partial charge in [0.2, 0.25) is 0 Å². The Labute approximate surface area is 167 Å². The second kappa shape index (κ2) is 9.37. The number of amides is 1. The summed E-state index contributed by atoms with van der Waals surface area (Å²) in [5.74, 6) is -2.12. The molecule has 0 spiro atoms. The second-order valence-electron chi connectivity index (χ2n) is 5.84. The summed E-state index contributed by atoms with van der Waals surface area (Å²) in [4.78, 5) is 24.6. The second-order valence-corrected chi connectivity index (χ2v) is 5.84. The van der Waals surface area contributed by atoms with Gasteiger partial charge in [-0.15, -0.1) is 0 Å². The maximum absolute atomic E-state index is 13.5. The van der Waals surface area contributed by atoms with E-state index in [1.54, 1.807) is 13.0 Å². The molecule has 0 atom stereocenters. The predicted octanol–water partition coefficient (Wildman–Crippen LogP) is 3.97. The fourth-order valence-electron chi connectivity index (χ4n) is 2.64. The van der Waals surface area contributed by atoms with E-state index in [0.29, 0.717) is 11.1 Å². The summed E-state index contributed by atoms with van der Waals surface area (Å²) in [5, 5.41) is 21.2. The summed E-state index contributed by atoms with van der Waals surface area (Å²) < 4.78 is 23.5. The van der Waals surface area contributed by atoms with Gasteiger partial charge in [0, 0.05) is 29.3 Å². The number of nitrogens with one attached hydrogen (secondary N) is 1. The molecule has 7 nitrogen and oxygen atoms in total. The van der Waals surface area contributed by atoms with Crippen LogP contribution < -0.4 is 10.1 Å². The van der Waals surface area contributed by atoms with Crippen LogP contribution in [0.4, 0.5) is 10.1 Å². The number of methoxy groups -OCH3 is 2. The zero-order valence-corrected chi connectivity index (χ0v) is 16.1. The highest BCUT2D eigenvalue weighted by Crippen LogP contribution is 2.34. The van der Waals surface area contributed by atoms with Crippen LogP contribution in [0.3, 0.4) is 0 Å². The average Bonchev–Trinajstić information content (AvgIpc) is 2.73. The minimum atomic E-state index is -0.810. The highest BCUT2D eigenvalue weighted by atomic mass is 19.1. The smallest absolute Gasteiger partial charge is 0.338 e. The Morgan fingerprint density at radius 3 is 2.45 bits per heavy atom. The molecule has 0 aliphatic rings. The molecule has 0 heterocycles. The number of aliphatic hydroxyl groups is 1. The van der Waals surface area contributed by atoms with E-state index < -0.39 is 23.3 Å². The summed E-state index contributed by atoms with van der Waals surface area (Å²) in [6.07, 6.45) is 0.118. The van der Waals surface area contributed by atoms with Gasteiger partial charge in [0.1, 0.15) is 23.4 Å². The van der Waals surface area contributed by atoms with Gasteiger partial charge in [-0.05, 0) is 24.3 Å². The summed E-state index contributed by atoms with van der Waals surface area (Å²) in [6.45, 7) is 1.60. The topological polar surface area (TPSA) is 109 Å². The molecule has 0 saturated heterocycles. The largest absolute Gasteiger partial charge is 0.511 e. The molecule has 2 rings (SSSR count). The number of ether oxygens (including phenoxy) is 2. The van der Waals surface area contributed by atoms with Crippen molar-refractivity contribution in [3.8, 4) is 22.9 Å². The number of halogens is 1. The number of esters is 1. The van der Waals surface area contributed by atoms with Crippen LogP contribution in [0.15, 0.2) is 47.7 Å². The van der Waals surface area contributed by atoms with Crippen molar-refractivity contribution in [1.29, 1.82) is 5.26 Å². The molecule has 0 aromatic heterocycles. The van der Waals surface area contributed by atoms with Crippen molar-refractivity contribution in [3.05, 3.63) is 59.1 Å². The lowest BCUT2D eigenvalue weighted by molar-refractivity contribution is -0.112. The van der Waals surface area contributed by atoms with E-state index in [0.717, 1.165) is 0 Å². The van der Waals surface area contributed by atoms with Crippen molar-refractivity contribution < 1.29 is 28.6 Å². The number of benzene rings is 2. The number of hydrogen-bond acceptors (Lipinski definition) is 6. The van der Waals surface area contributed by atoms with Gasteiger partial charge in [-0.25, -0.2) is 9.18 Å². The Bertz CT molecular complexity index is 1020. The monoisotopic (exact) mass is 398 g/mol. The maximum Gasteiger partial charge on any atom is 0.338 e. The molecule has 29 heavy (non-hydrogen) atoms. The number of hydrogen-bond donors (Lipinski definition) is 2. The number of carbonyl (C=O) groups excluding carboxylic acids is 2. The molecule has 0 fully saturated rings. The van der Waals surface area contributed by atoms with Crippen molar-refractivity contribution in [2.24, 2.45) is 0 Å². The SMILES string of the molecule is CC/C(O)=C(\C#N)C(=O)Nc1ccc(-c2ccc(F)cc2OC)c(C(=O)OC)c1. The Morgan fingerprint density at radius 1 is 1.17 bits per heavy atom. The zero-order valence-electron chi connectivity index (χ0n) is 16.1. The van der Waals surface area contributed by atoms with Gasteiger partial charge in [0.05, 0.1) is 19.8 Å². The third-order valence-electron chi connectivity index (χ3n) is 4.10. The third kappa shape index (κ3) is 4.71. The minimum absolute atomic E-state index is 0.0948. The summed E-state index contributed by atoms with van der Waals surface area (Å²) in [6, 6.07) is 9.92. The first kappa shape index (κ1) is 21.4. The average molecular weight is 398 g/mol. The predicted molar refractivity (Wildman–Crippen MR) is 104 cm³/mol. The van der Waals surface area contributed by atoms with Crippen LogP contribution >= 0.6 is 0 Å². The number of aliphatic hydroxyl groups excluding tert-OH is 1. The van der Waals surface area contributed by atoms with Gasteiger partial charge < -0.3 is 19.9 Å². The molecule has 0 saturated carbocycles. The Hall–Kier alpha value is -3.86. The number of carbonyl (C=O) groups is 2. The van der Waals surface area contributed by atoms with Gasteiger partial charge in [0.25, 0.3) is 5.91 Å². The molecule has 150 valence electrons. The van der Waals surface area contributed by atoms with E-state index in [1.165, 1.54) is 50.6 Å². The molecule has 8 heteroatoms. The first-order valence-electron chi connectivity index (χ1n) is 8.56. The van der Waals surface area contributed by atoms with Crippen LogP contribution in [0.5, 0.6) is 5.75 Å². The first-order valence-corrected chi connectivity index (χ1v) is 8.56. The van der Waals surface area contributed by atoms with Crippen LogP contribution in [-0.4, -0.2) is 31.2 Å². The van der Waals surface area contributed by atoms with Crippen molar-refractivity contribution in [2.75, 3.05) is 19.5 Å². The normalized spacial score (nSPS) is 11.1. The van der Waals surface area contributed by atoms with Crippen LogP contribution in [0, 0.1) is 17.1 Å². The first-order chi connectivity index (χ1) is 13.9. The number of rotatable bonds is 6. The van der Waals surface area contributed by atoms with Crippen molar-refractivity contribution in [1.82, 2.24) is 0 Å². The Balaban J connectivity index is 2.53. The third-order valence-corrected chi connectivity index (χ3v) is 4.10. The number of nitrogens with zero attached hydrogens (tertiary/aromatic N) is 1. The van der Waals surface area contributed by atoms with Crippen LogP contribution in [0.2, 0.25) is 0 Å². The van der Waals surface area contributed by atoms with Gasteiger partial charge in [-0.2, -0.15) is 5.26 Å². The molecule has 0 unspecified atom stereocenters. The fourth-order valence-corrected chi connectivity index (χ4v) is 2.64. The maximum atomic E-state index is 13.5. The lowest BCUT2D eigenvalue weighted by Gasteiger charge is -2.14. The zero-order chi connectivity index (χ0) is 21.6. The number of anilines is 1. The van der Waals surface area contributed by atoms with Crippen molar-refractivity contribution in [3.63, 3.8) is 0 Å². The summed E-state index contributed by atoms with van der Waals surface area (Å²) in [7, 11) is 2.58. The molecule has 2 N–H and O–H groups in total. The summed E-state index contributed by atoms with van der Waals surface area (Å²) in [5.41, 5.74) is 0.734. The van der Waals surface area contributed by atoms with Gasteiger partial charge in [0.15, 0.2) is 5.57 Å². The molecule has 0 bridgehead atoms. The highest BCUT2D eigenvalue weighted by Gasteiger charge is 2.20. The quantitative estimate of drug-likeness (QED) is 0.330. The van der Waals surface area contributed by atoms with E-state index in [1.807, 2.05) is 0 Å². The Morgan fingerprint density at radius 2 is 1.86 bits per heavy atom. The van der Waals surface area contributed by atoms with E-state index in [2.05, 4.69) is 5.32 Å². The van der Waals surface area contributed by atoms with Gasteiger partial charge in [-0.1, -0.05) is 13.0 Å². The van der Waals surface area contributed by atoms with E-state index >= 15 is 0 Å². The molecule has 0 aliphatic heterocycles. The molecule has 1 amide bonds. The minimum Gasteiger partial charge on any atom is -0.511 e. The van der Waals surface area contributed by atoms with Gasteiger partial charge in [-0.3, -0.25) is 4.79 Å². The Kier molecular flexibility index (Phi) is 6.93. The van der Waals surface area contributed by atoms with Crippen LogP contribution in [0.1, 0.15) is 23.7 Å². The highest BCUT2D eigenvalue weighted by molar-refractivity contribution is 6.08. The van der Waals surface area contributed by atoms with E-state index in [4.69, 9.17) is 14.7 Å². The lowest BCUT2D eigenvalue weighted by Crippen LogP contribution is -2.16. The standard InChI is InChI=1S/C21H19FN2O5/c1-4-18(25)17(11-23)20(26)24-13-6-8-14(16(10-13)21(27)29-3)15-7-5-12(22)9-19(15)28-2/h5-10,25H,4H2,1-3H3,(H,24,26)/b18-17-. The lowest BCUT2D eigenvalue weighted by atomic mass is 9.98. The van der Waals surface area contributed by atoms with Crippen LogP contribution in [-0.2, 0) is 9.53 Å².